The van der Waals surface area contributed by atoms with E-state index in [0.29, 0.717) is 10.7 Å². The molecule has 5 nitrogen and oxygen atoms in total. The minimum Gasteiger partial charge on any atom is -0.275 e. The van der Waals surface area contributed by atoms with E-state index in [1.807, 2.05) is 12.1 Å². The third kappa shape index (κ3) is 2.73. The number of aromatic nitrogens is 3. The van der Waals surface area contributed by atoms with Gasteiger partial charge in [-0.2, -0.15) is 10.2 Å². The van der Waals surface area contributed by atoms with E-state index in [9.17, 15) is 0 Å². The van der Waals surface area contributed by atoms with E-state index >= 15 is 0 Å². The number of nitrogens with zero attached hydrogens (tertiary/aromatic N) is 4. The number of rotatable bonds is 3. The van der Waals surface area contributed by atoms with Crippen molar-refractivity contribution in [3.8, 4) is 11.3 Å². The Morgan fingerprint density at radius 1 is 0.950 bits per heavy atom. The van der Waals surface area contributed by atoms with E-state index in [0.717, 1.165) is 16.9 Å². The summed E-state index contributed by atoms with van der Waals surface area (Å²) in [6.07, 6.45) is 5.07. The molecule has 0 saturated carbocycles. The normalized spacial score (nSPS) is 11.1. The lowest BCUT2D eigenvalue weighted by atomic mass is 10.2. The lowest BCUT2D eigenvalue weighted by molar-refractivity contribution is 1.09. The smallest absolute Gasteiger partial charge is 0.131 e. The zero-order valence-electron chi connectivity index (χ0n) is 10.4. The van der Waals surface area contributed by atoms with Crippen LogP contribution in [0.2, 0.25) is 5.02 Å². The first-order chi connectivity index (χ1) is 9.83. The minimum absolute atomic E-state index is 0.671. The van der Waals surface area contributed by atoms with Crippen molar-refractivity contribution in [3.05, 3.63) is 60.0 Å². The number of halogens is 1. The summed E-state index contributed by atoms with van der Waals surface area (Å²) in [7, 11) is 0. The highest BCUT2D eigenvalue weighted by Gasteiger charge is 2.06. The SMILES string of the molecule is Clc1ccc(N=Nc2cn[nH]c2-c2ccncc2)cc1. The maximum Gasteiger partial charge on any atom is 0.131 e. The van der Waals surface area contributed by atoms with Crippen LogP contribution in [0.4, 0.5) is 11.4 Å². The lowest BCUT2D eigenvalue weighted by Gasteiger charge is -1.97. The molecule has 0 spiro atoms. The van der Waals surface area contributed by atoms with E-state index in [1.54, 1.807) is 42.9 Å². The maximum atomic E-state index is 5.82. The van der Waals surface area contributed by atoms with Gasteiger partial charge in [0.15, 0.2) is 0 Å². The number of H-pyrrole nitrogens is 1. The first-order valence-corrected chi connectivity index (χ1v) is 6.32. The van der Waals surface area contributed by atoms with E-state index < -0.39 is 0 Å². The molecule has 0 radical (unpaired) electrons. The van der Waals surface area contributed by atoms with Crippen molar-refractivity contribution in [2.24, 2.45) is 10.2 Å². The van der Waals surface area contributed by atoms with Crippen LogP contribution in [0.25, 0.3) is 11.3 Å². The molecule has 3 aromatic rings. The minimum atomic E-state index is 0.671. The molecule has 0 aliphatic carbocycles. The zero-order valence-corrected chi connectivity index (χ0v) is 11.1. The van der Waals surface area contributed by atoms with Crippen molar-refractivity contribution < 1.29 is 0 Å². The van der Waals surface area contributed by atoms with Crippen molar-refractivity contribution in [2.45, 2.75) is 0 Å². The van der Waals surface area contributed by atoms with Gasteiger partial charge in [-0.05, 0) is 36.4 Å². The van der Waals surface area contributed by atoms with Crippen LogP contribution < -0.4 is 0 Å². The van der Waals surface area contributed by atoms with Crippen LogP contribution in [0.1, 0.15) is 0 Å². The number of benzene rings is 1. The highest BCUT2D eigenvalue weighted by Crippen LogP contribution is 2.28. The predicted molar refractivity (Wildman–Crippen MR) is 77.4 cm³/mol. The molecule has 1 N–H and O–H groups in total. The van der Waals surface area contributed by atoms with Crippen molar-refractivity contribution in [3.63, 3.8) is 0 Å². The molecule has 0 unspecified atom stereocenters. The quantitative estimate of drug-likeness (QED) is 0.717. The van der Waals surface area contributed by atoms with Crippen LogP contribution in [0, 0.1) is 0 Å². The molecule has 0 aliphatic heterocycles. The molecule has 0 saturated heterocycles. The summed E-state index contributed by atoms with van der Waals surface area (Å²) in [6, 6.07) is 10.9. The van der Waals surface area contributed by atoms with Gasteiger partial charge in [-0.15, -0.1) is 5.11 Å². The molecule has 98 valence electrons. The Morgan fingerprint density at radius 2 is 1.70 bits per heavy atom. The van der Waals surface area contributed by atoms with Crippen molar-refractivity contribution in [1.82, 2.24) is 15.2 Å². The summed E-state index contributed by atoms with van der Waals surface area (Å²) in [5.74, 6) is 0. The number of nitrogens with one attached hydrogen (secondary N) is 1. The fourth-order valence-corrected chi connectivity index (χ4v) is 1.83. The number of azo groups is 1. The Bertz CT molecular complexity index is 719. The summed E-state index contributed by atoms with van der Waals surface area (Å²) < 4.78 is 0. The second kappa shape index (κ2) is 5.63. The molecule has 0 aliphatic rings. The highest BCUT2D eigenvalue weighted by atomic mass is 35.5. The van der Waals surface area contributed by atoms with Crippen LogP contribution in [-0.4, -0.2) is 15.2 Å². The fourth-order valence-electron chi connectivity index (χ4n) is 1.71. The Kier molecular flexibility index (Phi) is 3.52. The molecule has 6 heteroatoms. The first kappa shape index (κ1) is 12.5. The fraction of sp³-hybridized carbons (Fsp3) is 0. The second-order valence-electron chi connectivity index (χ2n) is 4.04. The van der Waals surface area contributed by atoms with Gasteiger partial charge in [-0.1, -0.05) is 11.6 Å². The Morgan fingerprint density at radius 3 is 2.45 bits per heavy atom. The Labute approximate surface area is 120 Å². The van der Waals surface area contributed by atoms with Gasteiger partial charge >= 0.3 is 0 Å². The van der Waals surface area contributed by atoms with Gasteiger partial charge in [0.1, 0.15) is 5.69 Å². The average Bonchev–Trinajstić information content (AvgIpc) is 2.96. The van der Waals surface area contributed by atoms with Gasteiger partial charge in [0, 0.05) is 23.0 Å². The van der Waals surface area contributed by atoms with Crippen molar-refractivity contribution >= 4 is 23.0 Å². The third-order valence-electron chi connectivity index (χ3n) is 2.69. The summed E-state index contributed by atoms with van der Waals surface area (Å²) in [5.41, 5.74) is 3.18. The van der Waals surface area contributed by atoms with Gasteiger partial charge in [0.2, 0.25) is 0 Å². The zero-order chi connectivity index (χ0) is 13.8. The molecule has 1 aromatic carbocycles. The molecule has 2 heterocycles. The topological polar surface area (TPSA) is 66.3 Å². The molecule has 20 heavy (non-hydrogen) atoms. The molecule has 0 bridgehead atoms. The largest absolute Gasteiger partial charge is 0.275 e. The van der Waals surface area contributed by atoms with Gasteiger partial charge in [-0.25, -0.2) is 0 Å². The van der Waals surface area contributed by atoms with E-state index in [-0.39, 0.29) is 0 Å². The van der Waals surface area contributed by atoms with Crippen LogP contribution in [0.15, 0.2) is 65.2 Å². The first-order valence-electron chi connectivity index (χ1n) is 5.94. The highest BCUT2D eigenvalue weighted by molar-refractivity contribution is 6.30. The number of aromatic amines is 1. The van der Waals surface area contributed by atoms with Crippen molar-refractivity contribution in [2.75, 3.05) is 0 Å². The average molecular weight is 284 g/mol. The van der Waals surface area contributed by atoms with Crippen molar-refractivity contribution in [1.29, 1.82) is 0 Å². The van der Waals surface area contributed by atoms with E-state index in [1.165, 1.54) is 0 Å². The summed E-state index contributed by atoms with van der Waals surface area (Å²) in [4.78, 5) is 3.99. The monoisotopic (exact) mass is 283 g/mol. The van der Waals surface area contributed by atoms with Crippen LogP contribution in [0.3, 0.4) is 0 Å². The van der Waals surface area contributed by atoms with Gasteiger partial charge in [0.05, 0.1) is 17.6 Å². The summed E-state index contributed by atoms with van der Waals surface area (Å²) in [6.45, 7) is 0. The Hall–Kier alpha value is -2.53. The molecule has 0 fully saturated rings. The molecule has 0 atom stereocenters. The molecule has 2 aromatic heterocycles. The number of hydrogen-bond donors (Lipinski definition) is 1. The molecule has 3 rings (SSSR count). The van der Waals surface area contributed by atoms with Crippen LogP contribution in [0.5, 0.6) is 0 Å². The van der Waals surface area contributed by atoms with Gasteiger partial charge in [-0.3, -0.25) is 10.1 Å². The van der Waals surface area contributed by atoms with Crippen LogP contribution >= 0.6 is 11.6 Å². The number of hydrogen-bond acceptors (Lipinski definition) is 4. The lowest BCUT2D eigenvalue weighted by Crippen LogP contribution is -1.78. The van der Waals surface area contributed by atoms with Gasteiger partial charge < -0.3 is 0 Å². The predicted octanol–water partition coefficient (Wildman–Crippen LogP) is 4.54. The second-order valence-corrected chi connectivity index (χ2v) is 4.48. The molecular weight excluding hydrogens is 274 g/mol. The number of pyridine rings is 1. The maximum absolute atomic E-state index is 5.82. The standard InChI is InChI=1S/C14H10ClN5/c15-11-1-3-12(4-2-11)18-19-13-9-17-20-14(13)10-5-7-16-8-6-10/h1-9H,(H,17,20). The van der Waals surface area contributed by atoms with Gasteiger partial charge in [0.25, 0.3) is 0 Å². The molecular formula is C14H10ClN5. The summed E-state index contributed by atoms with van der Waals surface area (Å²) in [5, 5.41) is 16.0. The third-order valence-corrected chi connectivity index (χ3v) is 2.94. The van der Waals surface area contributed by atoms with Crippen LogP contribution in [-0.2, 0) is 0 Å². The summed E-state index contributed by atoms with van der Waals surface area (Å²) >= 11 is 5.82. The Balaban J connectivity index is 1.89. The van der Waals surface area contributed by atoms with E-state index in [2.05, 4.69) is 25.4 Å². The van der Waals surface area contributed by atoms with E-state index in [4.69, 9.17) is 11.6 Å². The molecule has 0 amide bonds.